The molecular formula is C15H25NO2. The van der Waals surface area contributed by atoms with Gasteiger partial charge in [-0.15, -0.1) is 0 Å². The van der Waals surface area contributed by atoms with Gasteiger partial charge in [-0.05, 0) is 38.9 Å². The van der Waals surface area contributed by atoms with Gasteiger partial charge in [-0.2, -0.15) is 0 Å². The number of rotatable bonds is 7. The van der Waals surface area contributed by atoms with Gasteiger partial charge in [0.25, 0.3) is 0 Å². The van der Waals surface area contributed by atoms with E-state index in [0.29, 0.717) is 6.61 Å². The number of para-hydroxylation sites is 1. The average Bonchev–Trinajstić information content (AvgIpc) is 2.39. The summed E-state index contributed by atoms with van der Waals surface area (Å²) in [6.07, 6.45) is 0.980. The van der Waals surface area contributed by atoms with Gasteiger partial charge in [0.1, 0.15) is 12.4 Å². The molecule has 1 aromatic rings. The molecule has 0 saturated heterocycles. The Labute approximate surface area is 110 Å². The summed E-state index contributed by atoms with van der Waals surface area (Å²) in [5.74, 6) is 0.965. The quantitative estimate of drug-likeness (QED) is 0.808. The highest BCUT2D eigenvalue weighted by atomic mass is 16.5. The molecule has 0 aliphatic carbocycles. The molecular weight excluding hydrogens is 226 g/mol. The van der Waals surface area contributed by atoms with Crippen molar-refractivity contribution in [2.75, 3.05) is 20.8 Å². The number of hydrogen-bond donors (Lipinski definition) is 1. The van der Waals surface area contributed by atoms with Crippen molar-refractivity contribution in [3.8, 4) is 5.75 Å². The molecule has 0 bridgehead atoms. The Balaban J connectivity index is 2.68. The van der Waals surface area contributed by atoms with Crippen LogP contribution in [0.15, 0.2) is 24.3 Å². The van der Waals surface area contributed by atoms with Crippen LogP contribution in [0, 0.1) is 0 Å². The van der Waals surface area contributed by atoms with Crippen molar-refractivity contribution in [2.45, 2.75) is 38.8 Å². The van der Waals surface area contributed by atoms with Crippen molar-refractivity contribution in [1.29, 1.82) is 0 Å². The molecule has 3 nitrogen and oxygen atoms in total. The summed E-state index contributed by atoms with van der Waals surface area (Å²) < 4.78 is 11.4. The van der Waals surface area contributed by atoms with Gasteiger partial charge >= 0.3 is 0 Å². The maximum absolute atomic E-state index is 5.93. The largest absolute Gasteiger partial charge is 0.492 e. The summed E-state index contributed by atoms with van der Waals surface area (Å²) in [6, 6.07) is 8.31. The highest BCUT2D eigenvalue weighted by Gasteiger charge is 2.28. The van der Waals surface area contributed by atoms with Crippen molar-refractivity contribution in [1.82, 2.24) is 5.32 Å². The molecule has 3 heteroatoms. The van der Waals surface area contributed by atoms with Crippen LogP contribution >= 0.6 is 0 Å². The van der Waals surface area contributed by atoms with Crippen molar-refractivity contribution in [2.24, 2.45) is 0 Å². The molecule has 0 fully saturated rings. The number of benzene rings is 1. The van der Waals surface area contributed by atoms with Crippen LogP contribution in [0.3, 0.4) is 0 Å². The number of likely N-dealkylation sites (N-methyl/N-ethyl adjacent to an activating group) is 1. The number of aryl methyl sites for hydroxylation is 1. The zero-order valence-electron chi connectivity index (χ0n) is 12.1. The van der Waals surface area contributed by atoms with Crippen molar-refractivity contribution in [3.63, 3.8) is 0 Å². The maximum atomic E-state index is 5.93. The molecule has 0 aliphatic heterocycles. The molecule has 0 amide bonds. The average molecular weight is 251 g/mol. The van der Waals surface area contributed by atoms with Crippen LogP contribution in [0.1, 0.15) is 26.3 Å². The van der Waals surface area contributed by atoms with Crippen LogP contribution in [0.2, 0.25) is 0 Å². The molecule has 1 rings (SSSR count). The molecule has 0 saturated carbocycles. The summed E-state index contributed by atoms with van der Waals surface area (Å²) in [5, 5.41) is 3.25. The normalized spacial score (nSPS) is 13.4. The van der Waals surface area contributed by atoms with Crippen molar-refractivity contribution < 1.29 is 9.47 Å². The van der Waals surface area contributed by atoms with Crippen LogP contribution < -0.4 is 10.1 Å². The number of methoxy groups -OCH3 is 1. The first-order valence-electron chi connectivity index (χ1n) is 6.48. The van der Waals surface area contributed by atoms with E-state index in [9.17, 15) is 0 Å². The molecule has 0 aliphatic rings. The van der Waals surface area contributed by atoms with E-state index in [1.165, 1.54) is 5.56 Å². The first-order valence-corrected chi connectivity index (χ1v) is 6.48. The van der Waals surface area contributed by atoms with Crippen LogP contribution in [0.5, 0.6) is 5.75 Å². The van der Waals surface area contributed by atoms with Crippen LogP contribution in [-0.2, 0) is 11.2 Å². The molecule has 18 heavy (non-hydrogen) atoms. The fourth-order valence-electron chi connectivity index (χ4n) is 1.88. The Bertz CT molecular complexity index is 363. The lowest BCUT2D eigenvalue weighted by Crippen LogP contribution is -2.50. The maximum Gasteiger partial charge on any atom is 0.122 e. The van der Waals surface area contributed by atoms with Gasteiger partial charge in [-0.25, -0.2) is 0 Å². The summed E-state index contributed by atoms with van der Waals surface area (Å²) in [5.41, 5.74) is 0.984. The Morgan fingerprint density at radius 1 is 1.28 bits per heavy atom. The van der Waals surface area contributed by atoms with Gasteiger partial charge in [-0.3, -0.25) is 0 Å². The molecule has 1 unspecified atom stereocenters. The topological polar surface area (TPSA) is 30.5 Å². The summed E-state index contributed by atoms with van der Waals surface area (Å²) in [4.78, 5) is 0. The first-order chi connectivity index (χ1) is 8.55. The Morgan fingerprint density at radius 3 is 2.50 bits per heavy atom. The van der Waals surface area contributed by atoms with E-state index in [2.05, 4.69) is 32.2 Å². The predicted octanol–water partition coefficient (Wildman–Crippen LogP) is 2.64. The highest BCUT2D eigenvalue weighted by molar-refractivity contribution is 5.33. The predicted molar refractivity (Wildman–Crippen MR) is 75.3 cm³/mol. The molecule has 102 valence electrons. The van der Waals surface area contributed by atoms with Gasteiger partial charge in [-0.1, -0.05) is 25.1 Å². The van der Waals surface area contributed by atoms with Crippen molar-refractivity contribution >= 4 is 0 Å². The van der Waals surface area contributed by atoms with Crippen LogP contribution in [0.25, 0.3) is 0 Å². The standard InChI is InChI=1S/C15H25NO2/c1-6-12-9-7-8-10-13(12)18-11-14(16-4)15(2,3)17-5/h7-10,14,16H,6,11H2,1-5H3. The summed E-state index contributed by atoms with van der Waals surface area (Å²) >= 11 is 0. The van der Waals surface area contributed by atoms with Crippen LogP contribution in [0.4, 0.5) is 0 Å². The number of hydrogen-bond acceptors (Lipinski definition) is 3. The molecule has 1 atom stereocenters. The molecule has 0 heterocycles. The molecule has 1 N–H and O–H groups in total. The number of nitrogens with one attached hydrogen (secondary N) is 1. The number of ether oxygens (including phenoxy) is 2. The van der Waals surface area contributed by atoms with Gasteiger partial charge in [0, 0.05) is 7.11 Å². The van der Waals surface area contributed by atoms with E-state index in [0.717, 1.165) is 12.2 Å². The zero-order chi connectivity index (χ0) is 13.6. The Morgan fingerprint density at radius 2 is 1.94 bits per heavy atom. The summed E-state index contributed by atoms with van der Waals surface area (Å²) in [7, 11) is 3.66. The van der Waals surface area contributed by atoms with E-state index in [1.807, 2.05) is 25.2 Å². The lowest BCUT2D eigenvalue weighted by atomic mass is 9.99. The third-order valence-electron chi connectivity index (χ3n) is 3.47. The summed E-state index contributed by atoms with van der Waals surface area (Å²) in [6.45, 7) is 6.84. The molecule has 1 aromatic carbocycles. The van der Waals surface area contributed by atoms with E-state index >= 15 is 0 Å². The molecule has 0 spiro atoms. The smallest absolute Gasteiger partial charge is 0.122 e. The van der Waals surface area contributed by atoms with Gasteiger partial charge in [0.15, 0.2) is 0 Å². The Hall–Kier alpha value is -1.06. The monoisotopic (exact) mass is 251 g/mol. The minimum atomic E-state index is -0.254. The third-order valence-corrected chi connectivity index (χ3v) is 3.47. The fraction of sp³-hybridized carbons (Fsp3) is 0.600. The first kappa shape index (κ1) is 15.0. The third kappa shape index (κ3) is 3.72. The van der Waals surface area contributed by atoms with E-state index in [4.69, 9.17) is 9.47 Å². The lowest BCUT2D eigenvalue weighted by molar-refractivity contribution is -0.0205. The SMILES string of the molecule is CCc1ccccc1OCC(NC)C(C)(C)OC. The van der Waals surface area contributed by atoms with Crippen LogP contribution in [-0.4, -0.2) is 32.4 Å². The van der Waals surface area contributed by atoms with Gasteiger partial charge < -0.3 is 14.8 Å². The second-order valence-corrected chi connectivity index (χ2v) is 4.92. The highest BCUT2D eigenvalue weighted by Crippen LogP contribution is 2.20. The molecule has 0 aromatic heterocycles. The minimum Gasteiger partial charge on any atom is -0.492 e. The second-order valence-electron chi connectivity index (χ2n) is 4.92. The lowest BCUT2D eigenvalue weighted by Gasteiger charge is -2.32. The van der Waals surface area contributed by atoms with E-state index < -0.39 is 0 Å². The molecule has 0 radical (unpaired) electrons. The van der Waals surface area contributed by atoms with E-state index in [-0.39, 0.29) is 11.6 Å². The van der Waals surface area contributed by atoms with E-state index in [1.54, 1.807) is 7.11 Å². The van der Waals surface area contributed by atoms with Gasteiger partial charge in [0.2, 0.25) is 0 Å². The fourth-order valence-corrected chi connectivity index (χ4v) is 1.88. The van der Waals surface area contributed by atoms with Crippen molar-refractivity contribution in [3.05, 3.63) is 29.8 Å². The zero-order valence-corrected chi connectivity index (χ0v) is 12.1. The second kappa shape index (κ2) is 6.76. The van der Waals surface area contributed by atoms with Gasteiger partial charge in [0.05, 0.1) is 11.6 Å². The Kier molecular flexibility index (Phi) is 5.63. The minimum absolute atomic E-state index is 0.146.